The zero-order valence-electron chi connectivity index (χ0n) is 13.8. The molecule has 0 aromatic heterocycles. The van der Waals surface area contributed by atoms with E-state index >= 15 is 0 Å². The maximum absolute atomic E-state index is 12.5. The van der Waals surface area contributed by atoms with Gasteiger partial charge in [0.25, 0.3) is 0 Å². The molecular formula is C19H18Cl2N2O2. The Labute approximate surface area is 156 Å². The van der Waals surface area contributed by atoms with E-state index in [1.807, 2.05) is 25.1 Å². The molecule has 4 nitrogen and oxygen atoms in total. The highest BCUT2D eigenvalue weighted by Crippen LogP contribution is 2.26. The van der Waals surface area contributed by atoms with Gasteiger partial charge in [0.2, 0.25) is 11.8 Å². The SMILES string of the molecule is Cc1cc(Cl)ccc1NC(=O)[C@H]1CC(=O)N(Cc2ccccc2Cl)C1. The van der Waals surface area contributed by atoms with Gasteiger partial charge in [0.05, 0.1) is 5.92 Å². The summed E-state index contributed by atoms with van der Waals surface area (Å²) in [7, 11) is 0. The lowest BCUT2D eigenvalue weighted by Crippen LogP contribution is -2.28. The number of carbonyl (C=O) groups is 2. The largest absolute Gasteiger partial charge is 0.337 e. The number of aryl methyl sites for hydroxylation is 1. The van der Waals surface area contributed by atoms with Crippen molar-refractivity contribution in [2.75, 3.05) is 11.9 Å². The quantitative estimate of drug-likeness (QED) is 0.864. The van der Waals surface area contributed by atoms with Crippen molar-refractivity contribution in [3.63, 3.8) is 0 Å². The Balaban J connectivity index is 1.65. The highest BCUT2D eigenvalue weighted by Gasteiger charge is 2.34. The van der Waals surface area contributed by atoms with Gasteiger partial charge in [-0.1, -0.05) is 41.4 Å². The second kappa shape index (κ2) is 7.46. The molecule has 2 aromatic rings. The summed E-state index contributed by atoms with van der Waals surface area (Å²) < 4.78 is 0. The van der Waals surface area contributed by atoms with Crippen LogP contribution in [-0.2, 0) is 16.1 Å². The van der Waals surface area contributed by atoms with E-state index in [-0.39, 0.29) is 24.2 Å². The van der Waals surface area contributed by atoms with Gasteiger partial charge in [0, 0.05) is 35.2 Å². The van der Waals surface area contributed by atoms with Gasteiger partial charge in [0.15, 0.2) is 0 Å². The maximum atomic E-state index is 12.5. The Bertz CT molecular complexity index is 823. The minimum absolute atomic E-state index is 0.0344. The number of hydrogen-bond donors (Lipinski definition) is 1. The lowest BCUT2D eigenvalue weighted by Gasteiger charge is -2.17. The molecule has 3 rings (SSSR count). The van der Waals surface area contributed by atoms with E-state index < -0.39 is 0 Å². The number of rotatable bonds is 4. The molecule has 0 unspecified atom stereocenters. The topological polar surface area (TPSA) is 49.4 Å². The van der Waals surface area contributed by atoms with Crippen LogP contribution < -0.4 is 5.32 Å². The standard InChI is InChI=1S/C19H18Cl2N2O2/c1-12-8-15(20)6-7-17(12)22-19(25)14-9-18(24)23(11-14)10-13-4-2-3-5-16(13)21/h2-8,14H,9-11H2,1H3,(H,22,25)/t14-/m0/s1. The fourth-order valence-corrected chi connectivity index (χ4v) is 3.36. The van der Waals surface area contributed by atoms with Crippen molar-refractivity contribution in [1.82, 2.24) is 4.90 Å². The number of benzene rings is 2. The minimum Gasteiger partial charge on any atom is -0.337 e. The Kier molecular flexibility index (Phi) is 5.30. The summed E-state index contributed by atoms with van der Waals surface area (Å²) in [6.45, 7) is 2.69. The molecular weight excluding hydrogens is 359 g/mol. The molecule has 1 saturated heterocycles. The van der Waals surface area contributed by atoms with Crippen molar-refractivity contribution >= 4 is 40.7 Å². The number of carbonyl (C=O) groups excluding carboxylic acids is 2. The predicted molar refractivity (Wildman–Crippen MR) is 99.8 cm³/mol. The van der Waals surface area contributed by atoms with Gasteiger partial charge in [-0.15, -0.1) is 0 Å². The zero-order valence-corrected chi connectivity index (χ0v) is 15.3. The number of nitrogens with zero attached hydrogens (tertiary/aromatic N) is 1. The van der Waals surface area contributed by atoms with Gasteiger partial charge in [-0.25, -0.2) is 0 Å². The highest BCUT2D eigenvalue weighted by molar-refractivity contribution is 6.31. The van der Waals surface area contributed by atoms with E-state index in [0.29, 0.717) is 28.8 Å². The van der Waals surface area contributed by atoms with Crippen molar-refractivity contribution in [2.24, 2.45) is 5.92 Å². The van der Waals surface area contributed by atoms with Crippen molar-refractivity contribution in [2.45, 2.75) is 19.9 Å². The summed E-state index contributed by atoms with van der Waals surface area (Å²) >= 11 is 12.1. The number of amides is 2. The fraction of sp³-hybridized carbons (Fsp3) is 0.263. The highest BCUT2D eigenvalue weighted by atomic mass is 35.5. The molecule has 2 amide bonds. The lowest BCUT2D eigenvalue weighted by atomic mass is 10.1. The summed E-state index contributed by atoms with van der Waals surface area (Å²) in [5.41, 5.74) is 2.48. The number of nitrogens with one attached hydrogen (secondary N) is 1. The molecule has 0 saturated carbocycles. The molecule has 1 aliphatic rings. The van der Waals surface area contributed by atoms with E-state index in [0.717, 1.165) is 11.1 Å². The second-order valence-corrected chi connectivity index (χ2v) is 7.06. The van der Waals surface area contributed by atoms with Crippen LogP contribution in [0.2, 0.25) is 10.0 Å². The van der Waals surface area contributed by atoms with Crippen molar-refractivity contribution < 1.29 is 9.59 Å². The van der Waals surface area contributed by atoms with Crippen molar-refractivity contribution in [1.29, 1.82) is 0 Å². The molecule has 1 aliphatic heterocycles. The van der Waals surface area contributed by atoms with Gasteiger partial charge >= 0.3 is 0 Å². The average molecular weight is 377 g/mol. The monoisotopic (exact) mass is 376 g/mol. The molecule has 1 atom stereocenters. The molecule has 1 heterocycles. The van der Waals surface area contributed by atoms with Crippen LogP contribution in [0.4, 0.5) is 5.69 Å². The van der Waals surface area contributed by atoms with E-state index in [4.69, 9.17) is 23.2 Å². The third kappa shape index (κ3) is 4.14. The summed E-state index contributed by atoms with van der Waals surface area (Å²) in [4.78, 5) is 26.4. The molecule has 6 heteroatoms. The first-order valence-electron chi connectivity index (χ1n) is 8.02. The van der Waals surface area contributed by atoms with Crippen LogP contribution in [0.25, 0.3) is 0 Å². The Morgan fingerprint density at radius 2 is 2.00 bits per heavy atom. The van der Waals surface area contributed by atoms with E-state index in [1.54, 1.807) is 29.2 Å². The van der Waals surface area contributed by atoms with Gasteiger partial charge in [-0.3, -0.25) is 9.59 Å². The van der Waals surface area contributed by atoms with Crippen LogP contribution in [0.5, 0.6) is 0 Å². The smallest absolute Gasteiger partial charge is 0.229 e. The third-order valence-electron chi connectivity index (χ3n) is 4.35. The Morgan fingerprint density at radius 1 is 1.24 bits per heavy atom. The minimum atomic E-state index is -0.370. The van der Waals surface area contributed by atoms with Gasteiger partial charge in [-0.2, -0.15) is 0 Å². The van der Waals surface area contributed by atoms with Crippen LogP contribution >= 0.6 is 23.2 Å². The molecule has 1 N–H and O–H groups in total. The normalized spacial score (nSPS) is 17.0. The van der Waals surface area contributed by atoms with E-state index in [1.165, 1.54) is 0 Å². The molecule has 0 bridgehead atoms. The van der Waals surface area contributed by atoms with Gasteiger partial charge in [0.1, 0.15) is 0 Å². The van der Waals surface area contributed by atoms with Crippen LogP contribution in [0.3, 0.4) is 0 Å². The molecule has 1 fully saturated rings. The van der Waals surface area contributed by atoms with Gasteiger partial charge < -0.3 is 10.2 Å². The molecule has 25 heavy (non-hydrogen) atoms. The Hall–Kier alpha value is -2.04. The number of likely N-dealkylation sites (tertiary alicyclic amines) is 1. The van der Waals surface area contributed by atoms with E-state index in [2.05, 4.69) is 5.32 Å². The van der Waals surface area contributed by atoms with Crippen molar-refractivity contribution in [3.8, 4) is 0 Å². The molecule has 0 spiro atoms. The van der Waals surface area contributed by atoms with Gasteiger partial charge in [-0.05, 0) is 42.3 Å². The molecule has 0 aliphatic carbocycles. The lowest BCUT2D eigenvalue weighted by molar-refractivity contribution is -0.128. The first kappa shape index (κ1) is 17.8. The fourth-order valence-electron chi connectivity index (χ4n) is 2.93. The zero-order chi connectivity index (χ0) is 18.0. The number of anilines is 1. The molecule has 130 valence electrons. The summed E-state index contributed by atoms with van der Waals surface area (Å²) in [5, 5.41) is 4.14. The number of halogens is 2. The third-order valence-corrected chi connectivity index (χ3v) is 4.95. The first-order valence-corrected chi connectivity index (χ1v) is 8.78. The Morgan fingerprint density at radius 3 is 2.72 bits per heavy atom. The molecule has 2 aromatic carbocycles. The van der Waals surface area contributed by atoms with Crippen LogP contribution in [0, 0.1) is 12.8 Å². The summed E-state index contributed by atoms with van der Waals surface area (Å²) in [5.74, 6) is -0.557. The first-order chi connectivity index (χ1) is 11.9. The second-order valence-electron chi connectivity index (χ2n) is 6.22. The van der Waals surface area contributed by atoms with Crippen LogP contribution in [0.15, 0.2) is 42.5 Å². The average Bonchev–Trinajstić information content (AvgIpc) is 2.93. The van der Waals surface area contributed by atoms with Crippen LogP contribution in [-0.4, -0.2) is 23.3 Å². The summed E-state index contributed by atoms with van der Waals surface area (Å²) in [6, 6.07) is 12.7. The van der Waals surface area contributed by atoms with Crippen molar-refractivity contribution in [3.05, 3.63) is 63.6 Å². The predicted octanol–water partition coefficient (Wildman–Crippen LogP) is 4.29. The number of hydrogen-bond acceptors (Lipinski definition) is 2. The van der Waals surface area contributed by atoms with Crippen LogP contribution in [0.1, 0.15) is 17.5 Å². The maximum Gasteiger partial charge on any atom is 0.229 e. The summed E-state index contributed by atoms with van der Waals surface area (Å²) in [6.07, 6.45) is 0.211. The molecule has 0 radical (unpaired) electrons. The van der Waals surface area contributed by atoms with E-state index in [9.17, 15) is 9.59 Å².